The van der Waals surface area contributed by atoms with Crippen molar-refractivity contribution >= 4 is 29.6 Å². The van der Waals surface area contributed by atoms with E-state index in [1.165, 1.54) is 7.11 Å². The van der Waals surface area contributed by atoms with Crippen molar-refractivity contribution in [3.8, 4) is 5.75 Å². The Morgan fingerprint density at radius 2 is 1.77 bits per heavy atom. The van der Waals surface area contributed by atoms with E-state index in [0.717, 1.165) is 23.8 Å². The number of likely N-dealkylation sites (tertiary alicyclic amines) is 1. The normalized spacial score (nSPS) is 22.2. The first kappa shape index (κ1) is 28.2. The van der Waals surface area contributed by atoms with Crippen LogP contribution in [0.1, 0.15) is 30.4 Å². The highest BCUT2D eigenvalue weighted by atomic mass is 16.5. The second-order valence-electron chi connectivity index (χ2n) is 9.78. The van der Waals surface area contributed by atoms with Gasteiger partial charge in [0.25, 0.3) is 0 Å². The number of nitrogens with zero attached hydrogens (tertiary/aromatic N) is 1. The molecule has 2 aromatic rings. The monoisotopic (exact) mass is 535 g/mol. The number of carbonyl (C=O) groups excluding carboxylic acids is 3. The highest BCUT2D eigenvalue weighted by molar-refractivity contribution is 6.16. The van der Waals surface area contributed by atoms with E-state index in [9.17, 15) is 29.7 Å². The zero-order valence-electron chi connectivity index (χ0n) is 21.9. The predicted octanol–water partition coefficient (Wildman–Crippen LogP) is 3.40. The molecule has 1 heterocycles. The molecule has 4 atom stereocenters. The van der Waals surface area contributed by atoms with E-state index in [4.69, 9.17) is 4.74 Å². The number of allylic oxidation sites excluding steroid dienone is 1. The van der Waals surface area contributed by atoms with Crippen LogP contribution in [-0.4, -0.2) is 71.7 Å². The van der Waals surface area contributed by atoms with Crippen LogP contribution in [0.2, 0.25) is 0 Å². The van der Waals surface area contributed by atoms with Crippen molar-refractivity contribution in [1.82, 2.24) is 4.90 Å². The zero-order valence-corrected chi connectivity index (χ0v) is 21.9. The van der Waals surface area contributed by atoms with Gasteiger partial charge in [-0.2, -0.15) is 4.90 Å². The van der Waals surface area contributed by atoms with Crippen molar-refractivity contribution in [3.63, 3.8) is 0 Å². The van der Waals surface area contributed by atoms with Gasteiger partial charge in [-0.1, -0.05) is 48.5 Å². The van der Waals surface area contributed by atoms with Gasteiger partial charge >= 0.3 is 6.09 Å². The molecule has 0 saturated carbocycles. The summed E-state index contributed by atoms with van der Waals surface area (Å²) in [5.41, 5.74) is 3.92. The van der Waals surface area contributed by atoms with E-state index in [2.05, 4.69) is 4.74 Å². The maximum absolute atomic E-state index is 13.2. The largest absolute Gasteiger partial charge is 0.508 e. The van der Waals surface area contributed by atoms with Crippen molar-refractivity contribution in [2.45, 2.75) is 25.4 Å². The number of phenols is 1. The molecule has 1 fully saturated rings. The predicted molar refractivity (Wildman–Crippen MR) is 143 cm³/mol. The number of amides is 3. The van der Waals surface area contributed by atoms with Crippen LogP contribution in [0.3, 0.4) is 0 Å². The number of aromatic hydroxyl groups is 1. The standard InChI is InChI=1S/C30H33NO8/c1-38-17-21-15-23-27(29(36)31(28(23)35)30(37)39-2)24(16-32)26(21)25(34)13-10-20(19-6-4-3-5-7-19)14-18-8-11-22(33)12-9-18/h3-9,11-12,14,23-25,27,32-34H,10,13,15-17H2,1-2H3/b20-14-/t23-,24+,25-,27-/m1/s1. The molecule has 9 nitrogen and oxygen atoms in total. The van der Waals surface area contributed by atoms with Crippen LogP contribution in [0.5, 0.6) is 5.75 Å². The van der Waals surface area contributed by atoms with Gasteiger partial charge in [0.05, 0.1) is 38.3 Å². The highest BCUT2D eigenvalue weighted by Gasteiger charge is 2.57. The fraction of sp³-hybridized carbons (Fsp3) is 0.367. The molecule has 4 rings (SSSR count). The quantitative estimate of drug-likeness (QED) is 0.253. The third-order valence-corrected chi connectivity index (χ3v) is 7.48. The number of hydrogen-bond acceptors (Lipinski definition) is 8. The molecule has 0 bridgehead atoms. The molecule has 0 radical (unpaired) electrons. The van der Waals surface area contributed by atoms with Gasteiger partial charge < -0.3 is 24.8 Å². The fourth-order valence-corrected chi connectivity index (χ4v) is 5.71. The molecule has 1 saturated heterocycles. The number of carbonyl (C=O) groups is 3. The number of imide groups is 3. The fourth-order valence-electron chi connectivity index (χ4n) is 5.71. The number of methoxy groups -OCH3 is 2. The molecule has 1 aliphatic carbocycles. The minimum absolute atomic E-state index is 0.112. The first-order valence-electron chi connectivity index (χ1n) is 12.8. The Bertz CT molecular complexity index is 1270. The van der Waals surface area contributed by atoms with Crippen molar-refractivity contribution < 1.29 is 39.2 Å². The highest BCUT2D eigenvalue weighted by Crippen LogP contribution is 2.46. The van der Waals surface area contributed by atoms with E-state index in [-0.39, 0.29) is 25.2 Å². The van der Waals surface area contributed by atoms with E-state index >= 15 is 0 Å². The molecule has 9 heteroatoms. The molecule has 1 aliphatic heterocycles. The summed E-state index contributed by atoms with van der Waals surface area (Å²) in [5, 5.41) is 31.5. The Labute approximate surface area is 227 Å². The molecule has 3 N–H and O–H groups in total. The van der Waals surface area contributed by atoms with Crippen LogP contribution in [0.15, 0.2) is 65.7 Å². The Morgan fingerprint density at radius 1 is 1.08 bits per heavy atom. The average Bonchev–Trinajstić information content (AvgIpc) is 3.20. The summed E-state index contributed by atoms with van der Waals surface area (Å²) in [6, 6.07) is 16.5. The van der Waals surface area contributed by atoms with Crippen molar-refractivity contribution in [3.05, 3.63) is 76.9 Å². The lowest BCUT2D eigenvalue weighted by molar-refractivity contribution is -0.137. The Morgan fingerprint density at radius 3 is 2.38 bits per heavy atom. The van der Waals surface area contributed by atoms with Crippen LogP contribution < -0.4 is 0 Å². The first-order valence-corrected chi connectivity index (χ1v) is 12.8. The summed E-state index contributed by atoms with van der Waals surface area (Å²) in [4.78, 5) is 38.8. The maximum atomic E-state index is 13.2. The van der Waals surface area contributed by atoms with Gasteiger partial charge in [-0.25, -0.2) is 4.79 Å². The van der Waals surface area contributed by atoms with Crippen LogP contribution in [0.4, 0.5) is 4.79 Å². The number of aliphatic hydroxyl groups is 2. The minimum atomic E-state index is -1.06. The van der Waals surface area contributed by atoms with E-state index < -0.39 is 48.4 Å². The molecule has 2 aliphatic rings. The van der Waals surface area contributed by atoms with E-state index in [1.807, 2.05) is 36.4 Å². The summed E-state index contributed by atoms with van der Waals surface area (Å²) in [6.45, 7) is -0.371. The van der Waals surface area contributed by atoms with E-state index in [1.54, 1.807) is 24.3 Å². The van der Waals surface area contributed by atoms with Gasteiger partial charge in [-0.3, -0.25) is 9.59 Å². The summed E-state index contributed by atoms with van der Waals surface area (Å²) in [6.07, 6.45) is 0.767. The number of fused-ring (bicyclic) bond motifs is 1. The van der Waals surface area contributed by atoms with Gasteiger partial charge in [-0.05, 0) is 59.2 Å². The zero-order chi connectivity index (χ0) is 28.1. The van der Waals surface area contributed by atoms with Crippen molar-refractivity contribution in [2.75, 3.05) is 27.4 Å². The second-order valence-corrected chi connectivity index (χ2v) is 9.78. The van der Waals surface area contributed by atoms with Crippen molar-refractivity contribution in [1.29, 1.82) is 0 Å². The van der Waals surface area contributed by atoms with Gasteiger partial charge in [0.2, 0.25) is 11.8 Å². The van der Waals surface area contributed by atoms with Crippen LogP contribution in [0, 0.1) is 17.8 Å². The number of benzene rings is 2. The van der Waals surface area contributed by atoms with Crippen LogP contribution in [-0.2, 0) is 19.1 Å². The SMILES string of the molecule is COCC1=C([C@H](O)CC/C(=C/c2ccc(O)cc2)c2ccccc2)[C@H](CO)[C@@H]2C(=O)N(C(=O)OC)C(=O)[C@@H]2C1. The third kappa shape index (κ3) is 5.80. The maximum Gasteiger partial charge on any atom is 0.423 e. The summed E-state index contributed by atoms with van der Waals surface area (Å²) in [7, 11) is 2.58. The van der Waals surface area contributed by atoms with Crippen LogP contribution in [0.25, 0.3) is 11.6 Å². The topological polar surface area (TPSA) is 134 Å². The number of phenolic OH excluding ortho intramolecular Hbond substituents is 1. The number of rotatable bonds is 9. The van der Waals surface area contributed by atoms with Gasteiger partial charge in [-0.15, -0.1) is 0 Å². The van der Waals surface area contributed by atoms with Gasteiger partial charge in [0.1, 0.15) is 5.75 Å². The van der Waals surface area contributed by atoms with E-state index in [0.29, 0.717) is 22.5 Å². The van der Waals surface area contributed by atoms with Gasteiger partial charge in [0.15, 0.2) is 0 Å². The summed E-state index contributed by atoms with van der Waals surface area (Å²) < 4.78 is 10.00. The summed E-state index contributed by atoms with van der Waals surface area (Å²) in [5.74, 6) is -3.90. The van der Waals surface area contributed by atoms with Crippen LogP contribution >= 0.6 is 0 Å². The van der Waals surface area contributed by atoms with Gasteiger partial charge in [0, 0.05) is 13.0 Å². The number of hydrogen-bond donors (Lipinski definition) is 3. The second kappa shape index (κ2) is 12.4. The smallest absolute Gasteiger partial charge is 0.423 e. The molecule has 2 aromatic carbocycles. The molecular weight excluding hydrogens is 502 g/mol. The first-order chi connectivity index (χ1) is 18.8. The van der Waals surface area contributed by atoms with Crippen molar-refractivity contribution in [2.24, 2.45) is 17.8 Å². The lowest BCUT2D eigenvalue weighted by Gasteiger charge is -2.36. The molecule has 0 spiro atoms. The lowest BCUT2D eigenvalue weighted by Crippen LogP contribution is -2.40. The Kier molecular flexibility index (Phi) is 8.96. The average molecular weight is 536 g/mol. The third-order valence-electron chi connectivity index (χ3n) is 7.48. The Balaban J connectivity index is 1.64. The number of ether oxygens (including phenoxy) is 2. The molecule has 0 aromatic heterocycles. The number of aliphatic hydroxyl groups excluding tert-OH is 2. The molecule has 206 valence electrons. The summed E-state index contributed by atoms with van der Waals surface area (Å²) >= 11 is 0. The minimum Gasteiger partial charge on any atom is -0.508 e. The Hall–Kier alpha value is -3.79. The molecule has 39 heavy (non-hydrogen) atoms. The molecular formula is C30H33NO8. The molecule has 3 amide bonds. The molecule has 0 unspecified atom stereocenters. The lowest BCUT2D eigenvalue weighted by atomic mass is 9.68.